The molecule has 1 aromatic carbocycles. The quantitative estimate of drug-likeness (QED) is 0.657. The van der Waals surface area contributed by atoms with Gasteiger partial charge in [0.1, 0.15) is 0 Å². The van der Waals surface area contributed by atoms with Gasteiger partial charge in [-0.3, -0.25) is 4.79 Å². The SMILES string of the molecule is O=C1C=CCC2Cc3cc(Cl)ccc3N12. The van der Waals surface area contributed by atoms with E-state index in [-0.39, 0.29) is 5.91 Å². The van der Waals surface area contributed by atoms with E-state index in [9.17, 15) is 4.79 Å². The highest BCUT2D eigenvalue weighted by Crippen LogP contribution is 2.36. The number of hydrogen-bond acceptors (Lipinski definition) is 1. The van der Waals surface area contributed by atoms with Crippen LogP contribution in [0.2, 0.25) is 5.02 Å². The average molecular weight is 220 g/mol. The van der Waals surface area contributed by atoms with Crippen molar-refractivity contribution in [3.8, 4) is 0 Å². The molecule has 0 N–H and O–H groups in total. The van der Waals surface area contributed by atoms with Crippen molar-refractivity contribution in [2.75, 3.05) is 4.90 Å². The number of carbonyl (C=O) groups excluding carboxylic acids is 1. The van der Waals surface area contributed by atoms with Crippen molar-refractivity contribution < 1.29 is 4.79 Å². The zero-order valence-electron chi connectivity index (χ0n) is 8.11. The second kappa shape index (κ2) is 3.11. The molecule has 0 saturated heterocycles. The molecule has 0 saturated carbocycles. The Morgan fingerprint density at radius 3 is 3.13 bits per heavy atom. The maximum absolute atomic E-state index is 11.7. The minimum Gasteiger partial charge on any atom is -0.305 e. The predicted octanol–water partition coefficient (Wildman–Crippen LogP) is 2.56. The van der Waals surface area contributed by atoms with Crippen LogP contribution >= 0.6 is 11.6 Å². The van der Waals surface area contributed by atoms with Crippen LogP contribution in [0.3, 0.4) is 0 Å². The van der Waals surface area contributed by atoms with Gasteiger partial charge < -0.3 is 4.90 Å². The highest BCUT2D eigenvalue weighted by atomic mass is 35.5. The fourth-order valence-corrected chi connectivity index (χ4v) is 2.58. The van der Waals surface area contributed by atoms with Crippen molar-refractivity contribution in [3.63, 3.8) is 0 Å². The molecule has 2 aliphatic rings. The van der Waals surface area contributed by atoms with Crippen molar-refractivity contribution in [2.45, 2.75) is 18.9 Å². The zero-order chi connectivity index (χ0) is 10.4. The molecular formula is C12H10ClNO. The van der Waals surface area contributed by atoms with Gasteiger partial charge in [0.2, 0.25) is 0 Å². The lowest BCUT2D eigenvalue weighted by Crippen LogP contribution is -2.38. The molecule has 2 nitrogen and oxygen atoms in total. The van der Waals surface area contributed by atoms with Gasteiger partial charge in [-0.15, -0.1) is 0 Å². The van der Waals surface area contributed by atoms with E-state index in [0.717, 1.165) is 23.6 Å². The summed E-state index contributed by atoms with van der Waals surface area (Å²) >= 11 is 5.94. The summed E-state index contributed by atoms with van der Waals surface area (Å²) in [4.78, 5) is 13.6. The van der Waals surface area contributed by atoms with Crippen LogP contribution in [0.25, 0.3) is 0 Å². The molecule has 0 bridgehead atoms. The lowest BCUT2D eigenvalue weighted by molar-refractivity contribution is -0.114. The fourth-order valence-electron chi connectivity index (χ4n) is 2.39. The summed E-state index contributed by atoms with van der Waals surface area (Å²) < 4.78 is 0. The van der Waals surface area contributed by atoms with E-state index in [1.807, 2.05) is 29.2 Å². The number of amides is 1. The summed E-state index contributed by atoms with van der Waals surface area (Å²) in [5.41, 5.74) is 2.21. The van der Waals surface area contributed by atoms with Crippen LogP contribution in [-0.4, -0.2) is 11.9 Å². The second-order valence-corrected chi connectivity index (χ2v) is 4.41. The molecule has 3 heteroatoms. The van der Waals surface area contributed by atoms with Gasteiger partial charge in [-0.25, -0.2) is 0 Å². The van der Waals surface area contributed by atoms with E-state index in [2.05, 4.69) is 0 Å². The normalized spacial score (nSPS) is 22.9. The Hall–Kier alpha value is -1.28. The number of anilines is 1. The van der Waals surface area contributed by atoms with Gasteiger partial charge in [0.15, 0.2) is 0 Å². The van der Waals surface area contributed by atoms with Gasteiger partial charge in [-0.05, 0) is 42.7 Å². The topological polar surface area (TPSA) is 20.3 Å². The first-order valence-corrected chi connectivity index (χ1v) is 5.41. The van der Waals surface area contributed by atoms with E-state index in [4.69, 9.17) is 11.6 Å². The van der Waals surface area contributed by atoms with Crippen LogP contribution in [0.15, 0.2) is 30.4 Å². The lowest BCUT2D eigenvalue weighted by Gasteiger charge is -2.26. The van der Waals surface area contributed by atoms with E-state index in [0.29, 0.717) is 6.04 Å². The van der Waals surface area contributed by atoms with Crippen LogP contribution in [0, 0.1) is 0 Å². The molecule has 1 amide bonds. The molecule has 15 heavy (non-hydrogen) atoms. The first kappa shape index (κ1) is 8.98. The minimum atomic E-state index is 0.0901. The first-order valence-electron chi connectivity index (χ1n) is 5.04. The Labute approximate surface area is 93.1 Å². The molecule has 1 aromatic rings. The average Bonchev–Trinajstić information content (AvgIpc) is 2.56. The summed E-state index contributed by atoms with van der Waals surface area (Å²) in [6.07, 6.45) is 5.47. The number of halogens is 1. The molecule has 0 aliphatic carbocycles. The fraction of sp³-hybridized carbons (Fsp3) is 0.250. The van der Waals surface area contributed by atoms with Gasteiger partial charge in [0.05, 0.1) is 0 Å². The van der Waals surface area contributed by atoms with Crippen molar-refractivity contribution in [3.05, 3.63) is 40.9 Å². The van der Waals surface area contributed by atoms with Crippen LogP contribution < -0.4 is 4.90 Å². The zero-order valence-corrected chi connectivity index (χ0v) is 8.87. The third-order valence-electron chi connectivity index (χ3n) is 3.03. The Morgan fingerprint density at radius 1 is 1.40 bits per heavy atom. The van der Waals surface area contributed by atoms with Crippen LogP contribution in [0.1, 0.15) is 12.0 Å². The third kappa shape index (κ3) is 1.29. The molecule has 3 rings (SSSR count). The van der Waals surface area contributed by atoms with Crippen molar-refractivity contribution >= 4 is 23.2 Å². The molecule has 0 aromatic heterocycles. The largest absolute Gasteiger partial charge is 0.305 e. The van der Waals surface area contributed by atoms with Gasteiger partial charge in [-0.2, -0.15) is 0 Å². The maximum Gasteiger partial charge on any atom is 0.250 e. The van der Waals surface area contributed by atoms with Crippen molar-refractivity contribution in [1.82, 2.24) is 0 Å². The van der Waals surface area contributed by atoms with Gasteiger partial charge >= 0.3 is 0 Å². The van der Waals surface area contributed by atoms with E-state index in [1.54, 1.807) is 6.08 Å². The third-order valence-corrected chi connectivity index (χ3v) is 3.26. The van der Waals surface area contributed by atoms with Gasteiger partial charge in [0.25, 0.3) is 5.91 Å². The van der Waals surface area contributed by atoms with E-state index in [1.165, 1.54) is 5.56 Å². The van der Waals surface area contributed by atoms with Crippen LogP contribution in [0.4, 0.5) is 5.69 Å². The Morgan fingerprint density at radius 2 is 2.27 bits per heavy atom. The summed E-state index contributed by atoms with van der Waals surface area (Å²) in [6.45, 7) is 0. The number of benzene rings is 1. The summed E-state index contributed by atoms with van der Waals surface area (Å²) in [6, 6.07) is 6.04. The summed E-state index contributed by atoms with van der Waals surface area (Å²) in [7, 11) is 0. The Bertz CT molecular complexity index is 467. The molecule has 1 atom stereocenters. The first-order chi connectivity index (χ1) is 7.25. The van der Waals surface area contributed by atoms with Crippen LogP contribution in [-0.2, 0) is 11.2 Å². The molecule has 0 spiro atoms. The number of rotatable bonds is 0. The molecule has 1 unspecified atom stereocenters. The molecule has 0 radical (unpaired) electrons. The van der Waals surface area contributed by atoms with Crippen LogP contribution in [0.5, 0.6) is 0 Å². The molecule has 0 fully saturated rings. The number of hydrogen-bond donors (Lipinski definition) is 0. The summed E-state index contributed by atoms with van der Waals surface area (Å²) in [5, 5.41) is 0.744. The number of fused-ring (bicyclic) bond motifs is 3. The highest BCUT2D eigenvalue weighted by Gasteiger charge is 2.33. The molecule has 2 aliphatic heterocycles. The molecular weight excluding hydrogens is 210 g/mol. The highest BCUT2D eigenvalue weighted by molar-refractivity contribution is 6.30. The monoisotopic (exact) mass is 219 g/mol. The molecule has 2 heterocycles. The van der Waals surface area contributed by atoms with E-state index >= 15 is 0 Å². The Balaban J connectivity index is 2.10. The van der Waals surface area contributed by atoms with Crippen molar-refractivity contribution in [1.29, 1.82) is 0 Å². The standard InChI is InChI=1S/C12H10ClNO/c13-9-4-5-11-8(6-9)7-10-2-1-3-12(15)14(10)11/h1,3-6,10H,2,7H2. The number of nitrogens with zero attached hydrogens (tertiary/aromatic N) is 1. The predicted molar refractivity (Wildman–Crippen MR) is 60.2 cm³/mol. The smallest absolute Gasteiger partial charge is 0.250 e. The lowest BCUT2D eigenvalue weighted by atomic mass is 10.1. The summed E-state index contributed by atoms with van der Waals surface area (Å²) in [5.74, 6) is 0.0901. The van der Waals surface area contributed by atoms with Crippen molar-refractivity contribution in [2.24, 2.45) is 0 Å². The van der Waals surface area contributed by atoms with E-state index < -0.39 is 0 Å². The van der Waals surface area contributed by atoms with Gasteiger partial charge in [-0.1, -0.05) is 17.7 Å². The Kier molecular flexibility index (Phi) is 1.86. The minimum absolute atomic E-state index is 0.0901. The second-order valence-electron chi connectivity index (χ2n) is 3.98. The van der Waals surface area contributed by atoms with Gasteiger partial charge in [0, 0.05) is 16.8 Å². The maximum atomic E-state index is 11.7. The molecule has 76 valence electrons. The number of carbonyl (C=O) groups is 1.